The molecule has 110 valence electrons. The van der Waals surface area contributed by atoms with E-state index in [0.29, 0.717) is 12.1 Å². The molecule has 0 saturated carbocycles. The molecule has 0 spiro atoms. The first-order valence-corrected chi connectivity index (χ1v) is 6.94. The van der Waals surface area contributed by atoms with Crippen molar-refractivity contribution in [1.29, 1.82) is 0 Å². The van der Waals surface area contributed by atoms with E-state index in [1.807, 2.05) is 13.0 Å². The van der Waals surface area contributed by atoms with Crippen LogP contribution in [-0.4, -0.2) is 24.5 Å². The summed E-state index contributed by atoms with van der Waals surface area (Å²) in [6.07, 6.45) is 3.95. The van der Waals surface area contributed by atoms with Crippen LogP contribution in [0.1, 0.15) is 27.0 Å². The van der Waals surface area contributed by atoms with Gasteiger partial charge in [0.2, 0.25) is 0 Å². The molecular weight excluding hydrogens is 264 g/mol. The maximum absolute atomic E-state index is 11.9. The predicted molar refractivity (Wildman–Crippen MR) is 82.7 cm³/mol. The van der Waals surface area contributed by atoms with Crippen LogP contribution in [0.3, 0.4) is 0 Å². The Bertz CT molecular complexity index is 624. The minimum absolute atomic E-state index is 0.105. The van der Waals surface area contributed by atoms with Crippen molar-refractivity contribution in [3.8, 4) is 5.75 Å². The number of benzene rings is 1. The highest BCUT2D eigenvalue weighted by Gasteiger charge is 2.09. The van der Waals surface area contributed by atoms with E-state index in [1.54, 1.807) is 31.6 Å². The van der Waals surface area contributed by atoms with Crippen LogP contribution in [0.5, 0.6) is 5.75 Å². The Morgan fingerprint density at radius 3 is 2.81 bits per heavy atom. The molecule has 0 aliphatic heterocycles. The van der Waals surface area contributed by atoms with Gasteiger partial charge in [0.15, 0.2) is 0 Å². The summed E-state index contributed by atoms with van der Waals surface area (Å²) in [7, 11) is 1.67. The zero-order chi connectivity index (χ0) is 15.2. The van der Waals surface area contributed by atoms with E-state index in [0.717, 1.165) is 17.7 Å². The third kappa shape index (κ3) is 3.81. The zero-order valence-corrected chi connectivity index (χ0v) is 12.6. The Kier molecular flexibility index (Phi) is 4.93. The molecule has 0 radical (unpaired) electrons. The minimum atomic E-state index is -0.105. The highest BCUT2D eigenvalue weighted by atomic mass is 16.5. The Morgan fingerprint density at radius 1 is 1.33 bits per heavy atom. The largest absolute Gasteiger partial charge is 0.496 e. The van der Waals surface area contributed by atoms with E-state index in [9.17, 15) is 4.79 Å². The molecular formula is C17H20N2O2. The standard InChI is InChI=1S/C17H20N2O2/c1-12-9-13(2)15(16(10-12)21-3)6-8-19-17(20)14-5-4-7-18-11-14/h4-5,7,9-11H,6,8H2,1-3H3,(H,19,20). The van der Waals surface area contributed by atoms with Crippen LogP contribution in [0.25, 0.3) is 0 Å². The summed E-state index contributed by atoms with van der Waals surface area (Å²) < 4.78 is 5.43. The van der Waals surface area contributed by atoms with Crippen molar-refractivity contribution in [2.75, 3.05) is 13.7 Å². The van der Waals surface area contributed by atoms with Gasteiger partial charge >= 0.3 is 0 Å². The lowest BCUT2D eigenvalue weighted by molar-refractivity contribution is 0.0953. The van der Waals surface area contributed by atoms with Gasteiger partial charge in [-0.2, -0.15) is 0 Å². The number of carbonyl (C=O) groups excluding carboxylic acids is 1. The molecule has 0 unspecified atom stereocenters. The first kappa shape index (κ1) is 15.0. The Balaban J connectivity index is 1.99. The number of carbonyl (C=O) groups is 1. The molecule has 0 fully saturated rings. The molecule has 0 bridgehead atoms. The maximum Gasteiger partial charge on any atom is 0.252 e. The summed E-state index contributed by atoms with van der Waals surface area (Å²) in [5.41, 5.74) is 4.06. The van der Waals surface area contributed by atoms with Crippen LogP contribution in [0, 0.1) is 13.8 Å². The van der Waals surface area contributed by atoms with Gasteiger partial charge in [-0.15, -0.1) is 0 Å². The Hall–Kier alpha value is -2.36. The fraction of sp³-hybridized carbons (Fsp3) is 0.294. The third-order valence-corrected chi connectivity index (χ3v) is 3.38. The lowest BCUT2D eigenvalue weighted by Crippen LogP contribution is -2.26. The third-order valence-electron chi connectivity index (χ3n) is 3.38. The van der Waals surface area contributed by atoms with Gasteiger partial charge in [0, 0.05) is 18.9 Å². The van der Waals surface area contributed by atoms with Crippen molar-refractivity contribution < 1.29 is 9.53 Å². The van der Waals surface area contributed by atoms with E-state index in [1.165, 1.54) is 11.1 Å². The molecule has 0 aliphatic rings. The molecule has 0 saturated heterocycles. The summed E-state index contributed by atoms with van der Waals surface area (Å²) in [6, 6.07) is 7.65. The van der Waals surface area contributed by atoms with Crippen LogP contribution in [0.15, 0.2) is 36.7 Å². The number of aryl methyl sites for hydroxylation is 2. The van der Waals surface area contributed by atoms with Crippen LogP contribution in [0.2, 0.25) is 0 Å². The first-order valence-electron chi connectivity index (χ1n) is 6.94. The monoisotopic (exact) mass is 284 g/mol. The summed E-state index contributed by atoms with van der Waals surface area (Å²) in [6.45, 7) is 4.67. The Labute approximate surface area is 125 Å². The SMILES string of the molecule is COc1cc(C)cc(C)c1CCNC(=O)c1cccnc1. The van der Waals surface area contributed by atoms with Gasteiger partial charge in [-0.05, 0) is 55.2 Å². The van der Waals surface area contributed by atoms with Gasteiger partial charge in [-0.1, -0.05) is 6.07 Å². The smallest absolute Gasteiger partial charge is 0.252 e. The van der Waals surface area contributed by atoms with E-state index in [2.05, 4.69) is 23.3 Å². The fourth-order valence-corrected chi connectivity index (χ4v) is 2.36. The van der Waals surface area contributed by atoms with Crippen molar-refractivity contribution >= 4 is 5.91 Å². The van der Waals surface area contributed by atoms with E-state index in [4.69, 9.17) is 4.74 Å². The molecule has 0 atom stereocenters. The second-order valence-corrected chi connectivity index (χ2v) is 5.01. The van der Waals surface area contributed by atoms with Crippen molar-refractivity contribution in [1.82, 2.24) is 10.3 Å². The van der Waals surface area contributed by atoms with Crippen molar-refractivity contribution in [2.24, 2.45) is 0 Å². The molecule has 1 amide bonds. The van der Waals surface area contributed by atoms with Crippen LogP contribution in [-0.2, 0) is 6.42 Å². The van der Waals surface area contributed by atoms with Crippen LogP contribution in [0.4, 0.5) is 0 Å². The molecule has 1 aromatic carbocycles. The number of nitrogens with zero attached hydrogens (tertiary/aromatic N) is 1. The van der Waals surface area contributed by atoms with Crippen molar-refractivity contribution in [2.45, 2.75) is 20.3 Å². The van der Waals surface area contributed by atoms with Gasteiger partial charge in [0.05, 0.1) is 12.7 Å². The summed E-state index contributed by atoms with van der Waals surface area (Å²) in [5.74, 6) is 0.773. The number of ether oxygens (including phenoxy) is 1. The summed E-state index contributed by atoms with van der Waals surface area (Å²) in [4.78, 5) is 15.9. The van der Waals surface area contributed by atoms with Gasteiger partial charge in [0.25, 0.3) is 5.91 Å². The molecule has 1 aromatic heterocycles. The average molecular weight is 284 g/mol. The molecule has 0 aliphatic carbocycles. The maximum atomic E-state index is 11.9. The second kappa shape index (κ2) is 6.88. The summed E-state index contributed by atoms with van der Waals surface area (Å²) >= 11 is 0. The summed E-state index contributed by atoms with van der Waals surface area (Å²) in [5, 5.41) is 2.91. The number of methoxy groups -OCH3 is 1. The lowest BCUT2D eigenvalue weighted by atomic mass is 10.0. The molecule has 21 heavy (non-hydrogen) atoms. The van der Waals surface area contributed by atoms with E-state index < -0.39 is 0 Å². The molecule has 4 heteroatoms. The first-order chi connectivity index (χ1) is 10.1. The molecule has 1 N–H and O–H groups in total. The predicted octanol–water partition coefficient (Wildman–Crippen LogP) is 2.68. The van der Waals surface area contributed by atoms with Crippen LogP contribution < -0.4 is 10.1 Å². The highest BCUT2D eigenvalue weighted by Crippen LogP contribution is 2.24. The molecule has 2 rings (SSSR count). The van der Waals surface area contributed by atoms with Gasteiger partial charge < -0.3 is 10.1 Å². The highest BCUT2D eigenvalue weighted by molar-refractivity contribution is 5.93. The average Bonchev–Trinajstić information content (AvgIpc) is 2.49. The van der Waals surface area contributed by atoms with Crippen molar-refractivity contribution in [3.05, 3.63) is 58.9 Å². The number of hydrogen-bond acceptors (Lipinski definition) is 3. The van der Waals surface area contributed by atoms with Gasteiger partial charge in [-0.3, -0.25) is 9.78 Å². The Morgan fingerprint density at radius 2 is 2.14 bits per heavy atom. The minimum Gasteiger partial charge on any atom is -0.496 e. The second-order valence-electron chi connectivity index (χ2n) is 5.01. The molecule has 1 heterocycles. The number of rotatable bonds is 5. The molecule has 2 aromatic rings. The normalized spacial score (nSPS) is 10.2. The molecule has 4 nitrogen and oxygen atoms in total. The number of aromatic nitrogens is 1. The number of hydrogen-bond donors (Lipinski definition) is 1. The van der Waals surface area contributed by atoms with Gasteiger partial charge in [0.1, 0.15) is 5.75 Å². The number of amides is 1. The fourth-order valence-electron chi connectivity index (χ4n) is 2.36. The zero-order valence-electron chi connectivity index (χ0n) is 12.6. The van der Waals surface area contributed by atoms with E-state index >= 15 is 0 Å². The topological polar surface area (TPSA) is 51.2 Å². The lowest BCUT2D eigenvalue weighted by Gasteiger charge is -2.13. The van der Waals surface area contributed by atoms with Gasteiger partial charge in [-0.25, -0.2) is 0 Å². The van der Waals surface area contributed by atoms with E-state index in [-0.39, 0.29) is 5.91 Å². The van der Waals surface area contributed by atoms with Crippen molar-refractivity contribution in [3.63, 3.8) is 0 Å². The van der Waals surface area contributed by atoms with Crippen LogP contribution >= 0.6 is 0 Å². The number of pyridine rings is 1. The number of nitrogens with one attached hydrogen (secondary N) is 1. The quantitative estimate of drug-likeness (QED) is 0.918.